The number of thioether (sulfide) groups is 1. The van der Waals surface area contributed by atoms with Gasteiger partial charge in [0.1, 0.15) is 6.07 Å². The van der Waals surface area contributed by atoms with Crippen LogP contribution in [-0.2, 0) is 11.8 Å². The maximum atomic E-state index is 12.8. The summed E-state index contributed by atoms with van der Waals surface area (Å²) in [6.07, 6.45) is 1.53. The van der Waals surface area contributed by atoms with Crippen LogP contribution in [0.5, 0.6) is 0 Å². The number of amides is 1. The Kier molecular flexibility index (Phi) is 5.33. The highest BCUT2D eigenvalue weighted by molar-refractivity contribution is 7.99. The molecule has 0 bridgehead atoms. The van der Waals surface area contributed by atoms with Crippen molar-refractivity contribution in [1.29, 1.82) is 5.26 Å². The number of nitriles is 1. The van der Waals surface area contributed by atoms with Crippen LogP contribution in [0.15, 0.2) is 56.7 Å². The van der Waals surface area contributed by atoms with Crippen molar-refractivity contribution in [3.63, 3.8) is 0 Å². The number of fused-ring (bicyclic) bond motifs is 1. The number of carbonyl (C=O) groups excluding carboxylic acids is 1. The number of piperazine rings is 1. The molecule has 1 aromatic carbocycles. The van der Waals surface area contributed by atoms with E-state index in [0.717, 1.165) is 16.2 Å². The minimum absolute atomic E-state index is 0.0658. The molecule has 9 nitrogen and oxygen atoms in total. The molecule has 3 aromatic heterocycles. The second-order valence-corrected chi connectivity index (χ2v) is 8.30. The lowest BCUT2D eigenvalue weighted by Gasteiger charge is -2.34. The van der Waals surface area contributed by atoms with Gasteiger partial charge in [-0.1, -0.05) is 23.9 Å². The zero-order valence-corrected chi connectivity index (χ0v) is 18.2. The van der Waals surface area contributed by atoms with E-state index in [-0.39, 0.29) is 17.5 Å². The molecule has 4 heterocycles. The molecule has 0 N–H and O–H groups in total. The van der Waals surface area contributed by atoms with E-state index in [1.165, 1.54) is 18.0 Å². The average Bonchev–Trinajstić information content (AvgIpc) is 3.57. The van der Waals surface area contributed by atoms with Gasteiger partial charge in [-0.2, -0.15) is 10.2 Å². The minimum Gasteiger partial charge on any atom is -0.459 e. The SMILES string of the molecule is Cn1c(SCC(=O)N2CCN(c3oc(-c4ccco4)nc3C#N)CC2)nc2ccccc21. The van der Waals surface area contributed by atoms with E-state index in [2.05, 4.69) is 16.0 Å². The molecule has 1 amide bonds. The van der Waals surface area contributed by atoms with Crippen molar-refractivity contribution in [2.75, 3.05) is 36.8 Å². The van der Waals surface area contributed by atoms with Gasteiger partial charge < -0.3 is 23.2 Å². The van der Waals surface area contributed by atoms with Gasteiger partial charge in [-0.3, -0.25) is 4.79 Å². The van der Waals surface area contributed by atoms with Gasteiger partial charge in [-0.05, 0) is 24.3 Å². The van der Waals surface area contributed by atoms with E-state index < -0.39 is 0 Å². The molecule has 162 valence electrons. The van der Waals surface area contributed by atoms with Crippen LogP contribution in [0.4, 0.5) is 5.88 Å². The maximum Gasteiger partial charge on any atom is 0.266 e. The molecule has 0 spiro atoms. The molecular formula is C22H20N6O3S. The van der Waals surface area contributed by atoms with Crippen LogP contribution in [-0.4, -0.2) is 57.3 Å². The van der Waals surface area contributed by atoms with Crippen LogP contribution in [0.3, 0.4) is 0 Å². The van der Waals surface area contributed by atoms with Crippen molar-refractivity contribution in [1.82, 2.24) is 19.4 Å². The molecule has 0 aliphatic carbocycles. The first-order valence-electron chi connectivity index (χ1n) is 10.2. The van der Waals surface area contributed by atoms with Gasteiger partial charge in [-0.15, -0.1) is 0 Å². The molecule has 0 saturated carbocycles. The highest BCUT2D eigenvalue weighted by Crippen LogP contribution is 2.29. The van der Waals surface area contributed by atoms with Crippen LogP contribution < -0.4 is 4.90 Å². The largest absolute Gasteiger partial charge is 0.459 e. The molecule has 1 aliphatic heterocycles. The summed E-state index contributed by atoms with van der Waals surface area (Å²) >= 11 is 1.44. The van der Waals surface area contributed by atoms with Crippen molar-refractivity contribution in [2.45, 2.75) is 5.16 Å². The highest BCUT2D eigenvalue weighted by Gasteiger charge is 2.27. The first-order chi connectivity index (χ1) is 15.6. The highest BCUT2D eigenvalue weighted by atomic mass is 32.2. The fourth-order valence-electron chi connectivity index (χ4n) is 3.73. The van der Waals surface area contributed by atoms with E-state index in [1.807, 2.05) is 45.7 Å². The Hall–Kier alpha value is -3.71. The average molecular weight is 449 g/mol. The second-order valence-electron chi connectivity index (χ2n) is 7.36. The van der Waals surface area contributed by atoms with Crippen LogP contribution in [0.25, 0.3) is 22.7 Å². The van der Waals surface area contributed by atoms with Crippen molar-refractivity contribution in [3.8, 4) is 17.7 Å². The maximum absolute atomic E-state index is 12.8. The monoisotopic (exact) mass is 448 g/mol. The Morgan fingerprint density at radius 3 is 2.69 bits per heavy atom. The second kappa shape index (κ2) is 8.43. The number of furan rings is 1. The lowest BCUT2D eigenvalue weighted by molar-refractivity contribution is -0.128. The lowest BCUT2D eigenvalue weighted by atomic mass is 10.3. The third-order valence-electron chi connectivity index (χ3n) is 5.44. The first kappa shape index (κ1) is 20.2. The third-order valence-corrected chi connectivity index (χ3v) is 6.45. The van der Waals surface area contributed by atoms with Crippen molar-refractivity contribution in [2.24, 2.45) is 7.05 Å². The first-order valence-corrected chi connectivity index (χ1v) is 11.1. The summed E-state index contributed by atoms with van der Waals surface area (Å²) < 4.78 is 13.1. The number of benzene rings is 1. The standard InChI is InChI=1S/C22H20N6O3S/c1-26-17-6-3-2-5-15(17)25-22(26)32-14-19(29)27-8-10-28(11-9-27)21-16(13-23)24-20(31-21)18-7-4-12-30-18/h2-7,12H,8-11,14H2,1H3. The van der Waals surface area contributed by atoms with E-state index in [9.17, 15) is 10.1 Å². The number of nitrogens with zero attached hydrogens (tertiary/aromatic N) is 6. The molecule has 10 heteroatoms. The molecule has 4 aromatic rings. The number of imidazole rings is 1. The van der Waals surface area contributed by atoms with Gasteiger partial charge in [0.05, 0.1) is 23.0 Å². The Bertz CT molecular complexity index is 1300. The number of hydrogen-bond donors (Lipinski definition) is 0. The van der Waals surface area contributed by atoms with Crippen LogP contribution in [0.1, 0.15) is 5.69 Å². The Morgan fingerprint density at radius 2 is 1.97 bits per heavy atom. The molecule has 1 saturated heterocycles. The van der Waals surface area contributed by atoms with Crippen LogP contribution in [0.2, 0.25) is 0 Å². The molecule has 0 radical (unpaired) electrons. The smallest absolute Gasteiger partial charge is 0.266 e. The molecule has 1 aliphatic rings. The van der Waals surface area contributed by atoms with Crippen molar-refractivity contribution >= 4 is 34.6 Å². The van der Waals surface area contributed by atoms with Crippen molar-refractivity contribution < 1.29 is 13.6 Å². The van der Waals surface area contributed by atoms with Gasteiger partial charge in [0.15, 0.2) is 10.9 Å². The van der Waals surface area contributed by atoms with E-state index in [4.69, 9.17) is 8.83 Å². The number of aryl methyl sites for hydroxylation is 1. The number of aromatic nitrogens is 3. The van der Waals surface area contributed by atoms with Crippen molar-refractivity contribution in [3.05, 3.63) is 48.4 Å². The van der Waals surface area contributed by atoms with Gasteiger partial charge in [-0.25, -0.2) is 4.98 Å². The summed E-state index contributed by atoms with van der Waals surface area (Å²) in [6, 6.07) is 13.5. The van der Waals surface area contributed by atoms with E-state index >= 15 is 0 Å². The van der Waals surface area contributed by atoms with Crippen LogP contribution >= 0.6 is 11.8 Å². The third kappa shape index (κ3) is 3.71. The number of carbonyl (C=O) groups is 1. The Morgan fingerprint density at radius 1 is 1.16 bits per heavy atom. The lowest BCUT2D eigenvalue weighted by Crippen LogP contribution is -2.49. The van der Waals surface area contributed by atoms with Gasteiger partial charge in [0.2, 0.25) is 17.5 Å². The molecule has 0 atom stereocenters. The molecule has 1 fully saturated rings. The summed E-state index contributed by atoms with van der Waals surface area (Å²) in [5.41, 5.74) is 2.19. The Labute approximate surface area is 188 Å². The Balaban J connectivity index is 1.21. The number of rotatable bonds is 5. The molecular weight excluding hydrogens is 428 g/mol. The molecule has 5 rings (SSSR count). The summed E-state index contributed by atoms with van der Waals surface area (Å²) in [7, 11) is 1.96. The summed E-state index contributed by atoms with van der Waals surface area (Å²) in [5, 5.41) is 10.3. The zero-order valence-electron chi connectivity index (χ0n) is 17.4. The van der Waals surface area contributed by atoms with Gasteiger partial charge >= 0.3 is 0 Å². The number of oxazole rings is 1. The van der Waals surface area contributed by atoms with Gasteiger partial charge in [0.25, 0.3) is 5.89 Å². The number of anilines is 1. The summed E-state index contributed by atoms with van der Waals surface area (Å²) in [4.78, 5) is 25.4. The van der Waals surface area contributed by atoms with Crippen LogP contribution in [0, 0.1) is 11.3 Å². The van der Waals surface area contributed by atoms with Gasteiger partial charge in [0, 0.05) is 33.2 Å². The molecule has 32 heavy (non-hydrogen) atoms. The number of hydrogen-bond acceptors (Lipinski definition) is 8. The normalized spacial score (nSPS) is 14.1. The fourth-order valence-corrected chi connectivity index (χ4v) is 4.62. The number of para-hydroxylation sites is 2. The topological polar surface area (TPSA) is 104 Å². The predicted molar refractivity (Wildman–Crippen MR) is 119 cm³/mol. The molecule has 0 unspecified atom stereocenters. The quantitative estimate of drug-likeness (QED) is 0.429. The minimum atomic E-state index is 0.0658. The van der Waals surface area contributed by atoms with E-state index in [1.54, 1.807) is 12.1 Å². The fraction of sp³-hybridized carbons (Fsp3) is 0.273. The zero-order chi connectivity index (χ0) is 22.1. The predicted octanol–water partition coefficient (Wildman–Crippen LogP) is 3.13. The van der Waals surface area contributed by atoms with E-state index in [0.29, 0.717) is 43.6 Å². The summed E-state index contributed by atoms with van der Waals surface area (Å²) in [6.45, 7) is 2.21. The summed E-state index contributed by atoms with van der Waals surface area (Å²) in [5.74, 6) is 1.56.